The number of amides is 1. The molecule has 0 spiro atoms. The van der Waals surface area contributed by atoms with E-state index in [0.717, 1.165) is 22.1 Å². The van der Waals surface area contributed by atoms with E-state index in [-0.39, 0.29) is 18.7 Å². The number of ether oxygens (including phenoxy) is 2. The molecule has 7 heteroatoms. The molecule has 5 rings (SSSR count). The van der Waals surface area contributed by atoms with Crippen molar-refractivity contribution in [3.63, 3.8) is 0 Å². The maximum atomic E-state index is 13.9. The van der Waals surface area contributed by atoms with Gasteiger partial charge in [-0.25, -0.2) is 0 Å². The first-order chi connectivity index (χ1) is 18.3. The summed E-state index contributed by atoms with van der Waals surface area (Å²) in [5, 5.41) is 13.5. The van der Waals surface area contributed by atoms with Crippen molar-refractivity contribution in [1.29, 1.82) is 0 Å². The lowest BCUT2D eigenvalue weighted by Crippen LogP contribution is -2.49. The molecule has 0 atom stereocenters. The summed E-state index contributed by atoms with van der Waals surface area (Å²) in [6.45, 7) is 4.97. The summed E-state index contributed by atoms with van der Waals surface area (Å²) in [5.74, 6) is 0.637. The zero-order valence-electron chi connectivity index (χ0n) is 21.6. The highest BCUT2D eigenvalue weighted by atomic mass is 16.5. The molecule has 1 amide bonds. The molecule has 2 N–H and O–H groups in total. The van der Waals surface area contributed by atoms with Crippen LogP contribution in [0.3, 0.4) is 0 Å². The largest absolute Gasteiger partial charge is 0.481 e. The first-order valence-corrected chi connectivity index (χ1v) is 12.8. The number of carboxylic acids is 1. The molecule has 0 aliphatic carbocycles. The second-order valence-corrected chi connectivity index (χ2v) is 9.94. The number of furan rings is 1. The van der Waals surface area contributed by atoms with Gasteiger partial charge < -0.3 is 24.3 Å². The molecule has 1 saturated heterocycles. The molecular formula is C31H31NO6. The van der Waals surface area contributed by atoms with Gasteiger partial charge in [-0.3, -0.25) is 9.59 Å². The van der Waals surface area contributed by atoms with E-state index in [1.165, 1.54) is 0 Å². The van der Waals surface area contributed by atoms with Crippen molar-refractivity contribution >= 4 is 22.8 Å². The molecule has 1 aliphatic heterocycles. The van der Waals surface area contributed by atoms with Gasteiger partial charge in [-0.1, -0.05) is 30.3 Å². The van der Waals surface area contributed by atoms with Crippen molar-refractivity contribution in [3.05, 3.63) is 94.7 Å². The highest BCUT2D eigenvalue weighted by Crippen LogP contribution is 2.36. The Labute approximate surface area is 221 Å². The Hall–Kier alpha value is -4.10. The van der Waals surface area contributed by atoms with Crippen LogP contribution in [-0.4, -0.2) is 30.2 Å². The Morgan fingerprint density at radius 2 is 1.68 bits per heavy atom. The SMILES string of the molecule is Cc1cc(C)cc(Oc2ccc(CCC(=O)O)c(C(=O)NC3(c4cc5ccccc5o4)CCOCC3)c2)c1. The van der Waals surface area contributed by atoms with E-state index in [0.29, 0.717) is 54.4 Å². The summed E-state index contributed by atoms with van der Waals surface area (Å²) in [5.41, 5.74) is 3.18. The third-order valence-corrected chi connectivity index (χ3v) is 6.96. The fourth-order valence-electron chi connectivity index (χ4n) is 5.07. The summed E-state index contributed by atoms with van der Waals surface area (Å²) in [4.78, 5) is 25.2. The zero-order valence-corrected chi connectivity index (χ0v) is 21.6. The van der Waals surface area contributed by atoms with Crippen molar-refractivity contribution in [3.8, 4) is 11.5 Å². The molecule has 1 fully saturated rings. The number of carbonyl (C=O) groups is 2. The van der Waals surface area contributed by atoms with Crippen LogP contribution in [0.1, 0.15) is 52.1 Å². The van der Waals surface area contributed by atoms with Crippen LogP contribution in [-0.2, 0) is 21.5 Å². The molecule has 4 aromatic rings. The maximum absolute atomic E-state index is 13.9. The van der Waals surface area contributed by atoms with Crippen molar-refractivity contribution in [2.24, 2.45) is 0 Å². The van der Waals surface area contributed by atoms with E-state index in [9.17, 15) is 14.7 Å². The summed E-state index contributed by atoms with van der Waals surface area (Å²) in [6, 6.07) is 20.9. The van der Waals surface area contributed by atoms with Crippen molar-refractivity contribution in [2.75, 3.05) is 13.2 Å². The van der Waals surface area contributed by atoms with E-state index in [2.05, 4.69) is 11.4 Å². The average molecular weight is 514 g/mol. The van der Waals surface area contributed by atoms with Gasteiger partial charge in [-0.2, -0.15) is 0 Å². The first kappa shape index (κ1) is 25.5. The molecule has 0 saturated carbocycles. The Bertz CT molecular complexity index is 1430. The molecule has 1 aliphatic rings. The third kappa shape index (κ3) is 5.58. The molecule has 3 aromatic carbocycles. The topological polar surface area (TPSA) is 98.0 Å². The van der Waals surface area contributed by atoms with Crippen molar-refractivity contribution in [2.45, 2.75) is 45.1 Å². The number of nitrogens with one attached hydrogen (secondary N) is 1. The third-order valence-electron chi connectivity index (χ3n) is 6.96. The Morgan fingerprint density at radius 3 is 2.39 bits per heavy atom. The van der Waals surface area contributed by atoms with Gasteiger partial charge in [0.15, 0.2) is 0 Å². The van der Waals surface area contributed by atoms with Crippen LogP contribution in [0.2, 0.25) is 0 Å². The molecule has 7 nitrogen and oxygen atoms in total. The van der Waals surface area contributed by atoms with Crippen LogP contribution in [0.5, 0.6) is 11.5 Å². The lowest BCUT2D eigenvalue weighted by molar-refractivity contribution is -0.136. The summed E-state index contributed by atoms with van der Waals surface area (Å²) in [6.07, 6.45) is 1.26. The number of carbonyl (C=O) groups excluding carboxylic acids is 1. The average Bonchev–Trinajstić information content (AvgIpc) is 3.33. The molecule has 196 valence electrons. The Balaban J connectivity index is 1.49. The second kappa shape index (κ2) is 10.7. The normalized spacial score (nSPS) is 14.8. The smallest absolute Gasteiger partial charge is 0.303 e. The number of aliphatic carboxylic acids is 1. The number of carboxylic acid groups (broad SMARTS) is 1. The summed E-state index contributed by atoms with van der Waals surface area (Å²) in [7, 11) is 0. The van der Waals surface area contributed by atoms with E-state index in [4.69, 9.17) is 13.9 Å². The lowest BCUT2D eigenvalue weighted by Gasteiger charge is -2.36. The number of fused-ring (bicyclic) bond motifs is 1. The predicted molar refractivity (Wildman–Crippen MR) is 144 cm³/mol. The fraction of sp³-hybridized carbons (Fsp3) is 0.290. The van der Waals surface area contributed by atoms with Crippen LogP contribution in [0.15, 0.2) is 71.1 Å². The molecule has 0 radical (unpaired) electrons. The Morgan fingerprint density at radius 1 is 0.947 bits per heavy atom. The van der Waals surface area contributed by atoms with E-state index in [1.807, 2.05) is 56.3 Å². The Kier molecular flexibility index (Phi) is 7.20. The monoisotopic (exact) mass is 513 g/mol. The molecule has 38 heavy (non-hydrogen) atoms. The molecule has 1 aromatic heterocycles. The minimum absolute atomic E-state index is 0.0832. The fourth-order valence-corrected chi connectivity index (χ4v) is 5.07. The molecule has 0 bridgehead atoms. The van der Waals surface area contributed by atoms with Crippen LogP contribution in [0.25, 0.3) is 11.0 Å². The van der Waals surface area contributed by atoms with Gasteiger partial charge in [0.25, 0.3) is 5.91 Å². The minimum atomic E-state index is -0.921. The van der Waals surface area contributed by atoms with Crippen LogP contribution in [0, 0.1) is 13.8 Å². The number of hydrogen-bond donors (Lipinski definition) is 2. The molecule has 0 unspecified atom stereocenters. The van der Waals surface area contributed by atoms with Gasteiger partial charge >= 0.3 is 5.97 Å². The predicted octanol–water partition coefficient (Wildman–Crippen LogP) is 6.29. The van der Waals surface area contributed by atoms with Crippen LogP contribution >= 0.6 is 0 Å². The summed E-state index contributed by atoms with van der Waals surface area (Å²) >= 11 is 0. The summed E-state index contributed by atoms with van der Waals surface area (Å²) < 4.78 is 17.9. The minimum Gasteiger partial charge on any atom is -0.481 e. The van der Waals surface area contributed by atoms with Gasteiger partial charge in [0, 0.05) is 43.4 Å². The number of para-hydroxylation sites is 1. The highest BCUT2D eigenvalue weighted by molar-refractivity contribution is 5.97. The second-order valence-electron chi connectivity index (χ2n) is 9.94. The lowest BCUT2D eigenvalue weighted by atomic mass is 9.86. The zero-order chi connectivity index (χ0) is 26.7. The number of benzene rings is 3. The van der Waals surface area contributed by atoms with Gasteiger partial charge in [-0.05, 0) is 73.4 Å². The van der Waals surface area contributed by atoms with Gasteiger partial charge in [-0.15, -0.1) is 0 Å². The highest BCUT2D eigenvalue weighted by Gasteiger charge is 2.39. The maximum Gasteiger partial charge on any atom is 0.303 e. The number of rotatable bonds is 8. The van der Waals surface area contributed by atoms with E-state index >= 15 is 0 Å². The number of aryl methyl sites for hydroxylation is 3. The van der Waals surface area contributed by atoms with E-state index < -0.39 is 11.5 Å². The quantitative estimate of drug-likeness (QED) is 0.287. The number of hydrogen-bond acceptors (Lipinski definition) is 5. The van der Waals surface area contributed by atoms with Gasteiger partial charge in [0.1, 0.15) is 28.4 Å². The molecule has 2 heterocycles. The van der Waals surface area contributed by atoms with Crippen LogP contribution in [0.4, 0.5) is 0 Å². The van der Waals surface area contributed by atoms with Crippen molar-refractivity contribution in [1.82, 2.24) is 5.32 Å². The standard InChI is InChI=1S/C31H31NO6/c1-20-15-21(2)17-25(16-20)37-24-9-7-22(8-10-29(33)34)26(19-24)30(35)32-31(11-13-36-14-12-31)28-18-23-5-3-4-6-27(23)38-28/h3-7,9,15-19H,8,10-14H2,1-2H3,(H,32,35)(H,33,34). The first-order valence-electron chi connectivity index (χ1n) is 12.8. The van der Waals surface area contributed by atoms with Crippen molar-refractivity contribution < 1.29 is 28.6 Å². The van der Waals surface area contributed by atoms with Gasteiger partial charge in [0.2, 0.25) is 0 Å². The van der Waals surface area contributed by atoms with Gasteiger partial charge in [0.05, 0.1) is 0 Å². The van der Waals surface area contributed by atoms with Crippen LogP contribution < -0.4 is 10.1 Å². The molecular weight excluding hydrogens is 482 g/mol. The van der Waals surface area contributed by atoms with E-state index in [1.54, 1.807) is 18.2 Å².